The third-order valence-corrected chi connectivity index (χ3v) is 5.68. The minimum atomic E-state index is -0.744. The van der Waals surface area contributed by atoms with Crippen LogP contribution in [0.2, 0.25) is 0 Å². The second-order valence-corrected chi connectivity index (χ2v) is 8.01. The number of aromatic nitrogens is 3. The summed E-state index contributed by atoms with van der Waals surface area (Å²) < 4.78 is 5.43. The van der Waals surface area contributed by atoms with Crippen LogP contribution in [-0.4, -0.2) is 45.3 Å². The zero-order valence-electron chi connectivity index (χ0n) is 18.5. The number of carbonyl (C=O) groups excluding carboxylic acids is 1. The van der Waals surface area contributed by atoms with Crippen LogP contribution < -0.4 is 15.5 Å². The number of nitrogens with zero attached hydrogens (tertiary/aromatic N) is 4. The third-order valence-electron chi connectivity index (χ3n) is 5.68. The predicted molar refractivity (Wildman–Crippen MR) is 123 cm³/mol. The number of aryl methyl sites for hydroxylation is 2. The van der Waals surface area contributed by atoms with Crippen LogP contribution in [0.25, 0.3) is 0 Å². The summed E-state index contributed by atoms with van der Waals surface area (Å²) in [6, 6.07) is 9.75. The highest BCUT2D eigenvalue weighted by molar-refractivity contribution is 6.01. The van der Waals surface area contributed by atoms with Crippen LogP contribution >= 0.6 is 0 Å². The zero-order chi connectivity index (χ0) is 23.4. The highest BCUT2D eigenvalue weighted by atomic mass is 16.4. The lowest BCUT2D eigenvalue weighted by Crippen LogP contribution is -2.37. The van der Waals surface area contributed by atoms with Gasteiger partial charge in [-0.05, 0) is 55.5 Å². The Hall–Kier alpha value is -3.95. The fourth-order valence-electron chi connectivity index (χ4n) is 3.80. The van der Waals surface area contributed by atoms with Gasteiger partial charge >= 0.3 is 23.8 Å². The molecule has 10 heteroatoms. The number of carboxylic acids is 1. The molecule has 3 heterocycles. The summed E-state index contributed by atoms with van der Waals surface area (Å²) in [7, 11) is 0. The average Bonchev–Trinajstić information content (AvgIpc) is 3.28. The SMILES string of the molecule is CCc1ccc(Nc2nnc(C(=O)Nc3cnc(N4CCC(C(=O)O)CC4)c(C)c3)o2)cc1. The molecule has 0 aliphatic carbocycles. The molecular formula is C23H26N6O4. The lowest BCUT2D eigenvalue weighted by molar-refractivity contribution is -0.142. The van der Waals surface area contributed by atoms with E-state index in [-0.39, 0.29) is 17.8 Å². The van der Waals surface area contributed by atoms with Gasteiger partial charge in [-0.2, -0.15) is 0 Å². The summed E-state index contributed by atoms with van der Waals surface area (Å²) in [5.74, 6) is -0.959. The van der Waals surface area contributed by atoms with Crippen molar-refractivity contribution in [1.29, 1.82) is 0 Å². The zero-order valence-corrected chi connectivity index (χ0v) is 18.5. The smallest absolute Gasteiger partial charge is 0.320 e. The molecule has 0 unspecified atom stereocenters. The minimum absolute atomic E-state index is 0.124. The Labute approximate surface area is 191 Å². The minimum Gasteiger partial charge on any atom is -0.481 e. The van der Waals surface area contributed by atoms with E-state index in [0.29, 0.717) is 31.6 Å². The first kappa shape index (κ1) is 22.3. The molecule has 172 valence electrons. The molecule has 3 aromatic rings. The maximum Gasteiger partial charge on any atom is 0.320 e. The molecule has 0 atom stereocenters. The number of pyridine rings is 1. The van der Waals surface area contributed by atoms with E-state index < -0.39 is 11.9 Å². The Morgan fingerprint density at radius 3 is 2.52 bits per heavy atom. The molecule has 10 nitrogen and oxygen atoms in total. The lowest BCUT2D eigenvalue weighted by Gasteiger charge is -2.32. The molecule has 3 N–H and O–H groups in total. The summed E-state index contributed by atoms with van der Waals surface area (Å²) in [4.78, 5) is 30.2. The van der Waals surface area contributed by atoms with Crippen LogP contribution in [0.4, 0.5) is 23.2 Å². The van der Waals surface area contributed by atoms with Crippen molar-refractivity contribution in [3.63, 3.8) is 0 Å². The summed E-state index contributed by atoms with van der Waals surface area (Å²) in [6.07, 6.45) is 3.69. The Bertz CT molecular complexity index is 1140. The molecule has 1 aliphatic rings. The lowest BCUT2D eigenvalue weighted by atomic mass is 9.97. The van der Waals surface area contributed by atoms with Crippen molar-refractivity contribution in [3.05, 3.63) is 53.5 Å². The molecule has 33 heavy (non-hydrogen) atoms. The van der Waals surface area contributed by atoms with Gasteiger partial charge in [0.1, 0.15) is 5.82 Å². The van der Waals surface area contributed by atoms with Gasteiger partial charge in [0.05, 0.1) is 17.8 Å². The van der Waals surface area contributed by atoms with E-state index in [4.69, 9.17) is 9.52 Å². The third kappa shape index (κ3) is 5.28. The molecule has 2 aromatic heterocycles. The molecule has 1 aliphatic heterocycles. The van der Waals surface area contributed by atoms with Crippen molar-refractivity contribution in [2.75, 3.05) is 28.6 Å². The maximum atomic E-state index is 12.5. The first-order chi connectivity index (χ1) is 15.9. The van der Waals surface area contributed by atoms with Gasteiger partial charge in [-0.15, -0.1) is 5.10 Å². The molecule has 0 saturated carbocycles. The second kappa shape index (κ2) is 9.68. The summed E-state index contributed by atoms with van der Waals surface area (Å²) >= 11 is 0. The number of piperidine rings is 1. The number of carbonyl (C=O) groups is 2. The van der Waals surface area contributed by atoms with Crippen molar-refractivity contribution >= 4 is 35.1 Å². The molecular weight excluding hydrogens is 424 g/mol. The molecule has 0 spiro atoms. The van der Waals surface area contributed by atoms with Crippen LogP contribution in [-0.2, 0) is 11.2 Å². The van der Waals surface area contributed by atoms with Crippen molar-refractivity contribution in [3.8, 4) is 0 Å². The summed E-state index contributed by atoms with van der Waals surface area (Å²) in [6.45, 7) is 5.25. The number of nitrogens with one attached hydrogen (secondary N) is 2. The first-order valence-electron chi connectivity index (χ1n) is 10.9. The number of rotatable bonds is 7. The molecule has 0 radical (unpaired) electrons. The van der Waals surface area contributed by atoms with E-state index in [1.807, 2.05) is 37.3 Å². The fourth-order valence-corrected chi connectivity index (χ4v) is 3.80. The highest BCUT2D eigenvalue weighted by Gasteiger charge is 2.26. The quantitative estimate of drug-likeness (QED) is 0.493. The topological polar surface area (TPSA) is 133 Å². The van der Waals surface area contributed by atoms with Gasteiger partial charge in [0.15, 0.2) is 0 Å². The van der Waals surface area contributed by atoms with E-state index >= 15 is 0 Å². The van der Waals surface area contributed by atoms with Gasteiger partial charge in [-0.25, -0.2) is 4.98 Å². The van der Waals surface area contributed by atoms with Crippen LogP contribution in [0.1, 0.15) is 41.6 Å². The van der Waals surface area contributed by atoms with Crippen molar-refractivity contribution in [2.45, 2.75) is 33.1 Å². The average molecular weight is 450 g/mol. The van der Waals surface area contributed by atoms with Crippen LogP contribution in [0.15, 0.2) is 40.9 Å². The summed E-state index contributed by atoms with van der Waals surface area (Å²) in [5, 5.41) is 22.6. The second-order valence-electron chi connectivity index (χ2n) is 8.01. The Balaban J connectivity index is 1.36. The monoisotopic (exact) mass is 450 g/mol. The van der Waals surface area contributed by atoms with Crippen LogP contribution in [0.5, 0.6) is 0 Å². The van der Waals surface area contributed by atoms with Gasteiger partial charge in [-0.3, -0.25) is 9.59 Å². The largest absolute Gasteiger partial charge is 0.481 e. The molecule has 1 amide bonds. The van der Waals surface area contributed by atoms with E-state index in [9.17, 15) is 9.59 Å². The molecule has 1 fully saturated rings. The Morgan fingerprint density at radius 1 is 1.15 bits per heavy atom. The van der Waals surface area contributed by atoms with Crippen molar-refractivity contribution in [1.82, 2.24) is 15.2 Å². The van der Waals surface area contributed by atoms with Gasteiger partial charge in [0, 0.05) is 18.8 Å². The number of benzene rings is 1. The number of anilines is 4. The molecule has 1 aromatic carbocycles. The Morgan fingerprint density at radius 2 is 1.88 bits per heavy atom. The maximum absolute atomic E-state index is 12.5. The number of carboxylic acid groups (broad SMARTS) is 1. The summed E-state index contributed by atoms with van der Waals surface area (Å²) in [5.41, 5.74) is 3.38. The Kier molecular flexibility index (Phi) is 6.53. The van der Waals surface area contributed by atoms with E-state index in [1.54, 1.807) is 6.20 Å². The van der Waals surface area contributed by atoms with Crippen LogP contribution in [0.3, 0.4) is 0 Å². The molecule has 0 bridgehead atoms. The number of hydrogen-bond donors (Lipinski definition) is 3. The number of hydrogen-bond acceptors (Lipinski definition) is 8. The highest BCUT2D eigenvalue weighted by Crippen LogP contribution is 2.26. The fraction of sp³-hybridized carbons (Fsp3) is 0.348. The number of aliphatic carboxylic acids is 1. The van der Waals surface area contributed by atoms with Crippen molar-refractivity contribution < 1.29 is 19.1 Å². The van der Waals surface area contributed by atoms with Crippen LogP contribution in [0, 0.1) is 12.8 Å². The molecule has 4 rings (SSSR count). The van der Waals surface area contributed by atoms with Gasteiger partial charge < -0.3 is 25.1 Å². The number of amides is 1. The predicted octanol–water partition coefficient (Wildman–Crippen LogP) is 3.63. The standard InChI is InChI=1S/C23H26N6O4/c1-3-15-4-6-17(7-5-15)26-23-28-27-21(33-23)20(30)25-18-12-14(2)19(24-13-18)29-10-8-16(9-11-29)22(31)32/h4-7,12-13,16H,3,8-11H2,1-2H3,(H,25,30)(H,26,28)(H,31,32). The van der Waals surface area contributed by atoms with E-state index in [0.717, 1.165) is 23.5 Å². The van der Waals surface area contributed by atoms with Gasteiger partial charge in [-0.1, -0.05) is 24.2 Å². The van der Waals surface area contributed by atoms with Gasteiger partial charge in [0.2, 0.25) is 0 Å². The van der Waals surface area contributed by atoms with E-state index in [1.165, 1.54) is 5.56 Å². The molecule has 1 saturated heterocycles. The van der Waals surface area contributed by atoms with E-state index in [2.05, 4.69) is 37.6 Å². The first-order valence-corrected chi connectivity index (χ1v) is 10.9. The van der Waals surface area contributed by atoms with Crippen molar-refractivity contribution in [2.24, 2.45) is 5.92 Å². The normalized spacial score (nSPS) is 14.2. The van der Waals surface area contributed by atoms with Gasteiger partial charge in [0.25, 0.3) is 0 Å².